The van der Waals surface area contributed by atoms with E-state index in [1.54, 1.807) is 0 Å². The van der Waals surface area contributed by atoms with Crippen molar-refractivity contribution in [3.8, 4) is 11.1 Å². The minimum atomic E-state index is 0.987. The van der Waals surface area contributed by atoms with Crippen molar-refractivity contribution in [3.63, 3.8) is 0 Å². The van der Waals surface area contributed by atoms with Crippen LogP contribution in [-0.4, -0.2) is 4.98 Å². The van der Waals surface area contributed by atoms with E-state index in [-0.39, 0.29) is 0 Å². The van der Waals surface area contributed by atoms with Crippen molar-refractivity contribution in [2.75, 3.05) is 4.90 Å². The van der Waals surface area contributed by atoms with Gasteiger partial charge in [0.2, 0.25) is 0 Å². The molecule has 0 fully saturated rings. The Balaban J connectivity index is 1.53. The molecule has 3 heterocycles. The smallest absolute Gasteiger partial charge is 0.0680 e. The summed E-state index contributed by atoms with van der Waals surface area (Å²) in [5, 5.41) is 0. The lowest BCUT2D eigenvalue weighted by Crippen LogP contribution is -2.25. The lowest BCUT2D eigenvalue weighted by molar-refractivity contribution is 0.999. The van der Waals surface area contributed by atoms with Gasteiger partial charge in [0.05, 0.1) is 23.3 Å². The van der Waals surface area contributed by atoms with E-state index in [2.05, 4.69) is 70.5 Å². The highest BCUT2D eigenvalue weighted by Crippen LogP contribution is 2.52. The lowest BCUT2D eigenvalue weighted by atomic mass is 9.86. The summed E-state index contributed by atoms with van der Waals surface area (Å²) in [6, 6.07) is 22.7. The number of hydrogen-bond acceptors (Lipinski definition) is 2. The fourth-order valence-electron chi connectivity index (χ4n) is 5.34. The molecule has 28 heavy (non-hydrogen) atoms. The van der Waals surface area contributed by atoms with Crippen LogP contribution in [0, 0.1) is 0 Å². The monoisotopic (exact) mass is 358 g/mol. The summed E-state index contributed by atoms with van der Waals surface area (Å²) in [4.78, 5) is 6.93. The number of pyridine rings is 1. The molecule has 1 aliphatic carbocycles. The van der Waals surface area contributed by atoms with Crippen LogP contribution in [0.5, 0.6) is 0 Å². The zero-order valence-electron chi connectivity index (χ0n) is 15.4. The van der Waals surface area contributed by atoms with Crippen LogP contribution in [0.15, 0.2) is 73.1 Å². The fraction of sp³-hybridized carbons (Fsp3) is 0.115. The third-order valence-corrected chi connectivity index (χ3v) is 6.55. The molecule has 132 valence electrons. The van der Waals surface area contributed by atoms with Crippen molar-refractivity contribution >= 4 is 17.1 Å². The second-order valence-corrected chi connectivity index (χ2v) is 8.09. The first-order valence-corrected chi connectivity index (χ1v) is 9.95. The highest BCUT2D eigenvalue weighted by molar-refractivity contribution is 5.92. The summed E-state index contributed by atoms with van der Waals surface area (Å²) in [5.41, 5.74) is 15.2. The number of anilines is 3. The Morgan fingerprint density at radius 3 is 2.32 bits per heavy atom. The van der Waals surface area contributed by atoms with Crippen LogP contribution in [0.1, 0.15) is 33.4 Å². The molecule has 3 aromatic carbocycles. The Morgan fingerprint density at radius 1 is 0.607 bits per heavy atom. The fourth-order valence-corrected chi connectivity index (χ4v) is 5.34. The quantitative estimate of drug-likeness (QED) is 0.334. The Kier molecular flexibility index (Phi) is 2.67. The minimum Gasteiger partial charge on any atom is -0.308 e. The standard InChI is InChI=1S/C26H18N2/c1-2-7-22-16(4-1)10-20-13-21-12-19-6-3-5-18-11-17-8-9-27-15-25(17)28(26(18)19)24(21)14-23(20)22/h1-9,13-15H,10-12H2. The maximum Gasteiger partial charge on any atom is 0.0680 e. The molecule has 0 saturated carbocycles. The Bertz CT molecular complexity index is 1300. The van der Waals surface area contributed by atoms with Crippen LogP contribution >= 0.6 is 0 Å². The third-order valence-electron chi connectivity index (χ3n) is 6.55. The number of nitrogens with zero attached hydrogens (tertiary/aromatic N) is 2. The molecule has 0 N–H and O–H groups in total. The second kappa shape index (κ2) is 5.11. The van der Waals surface area contributed by atoms with E-state index in [1.807, 2.05) is 12.4 Å². The maximum absolute atomic E-state index is 4.46. The molecule has 0 unspecified atom stereocenters. The van der Waals surface area contributed by atoms with Crippen molar-refractivity contribution in [2.45, 2.75) is 19.3 Å². The van der Waals surface area contributed by atoms with Crippen LogP contribution < -0.4 is 4.90 Å². The van der Waals surface area contributed by atoms with Gasteiger partial charge in [-0.1, -0.05) is 48.5 Å². The average Bonchev–Trinajstić information content (AvgIpc) is 3.09. The first-order chi connectivity index (χ1) is 13.9. The molecular weight excluding hydrogens is 340 g/mol. The van der Waals surface area contributed by atoms with E-state index in [9.17, 15) is 0 Å². The molecule has 2 aliphatic heterocycles. The molecule has 1 aromatic heterocycles. The normalized spacial score (nSPS) is 14.6. The number of hydrogen-bond donors (Lipinski definition) is 0. The zero-order valence-corrected chi connectivity index (χ0v) is 15.4. The molecule has 0 saturated heterocycles. The molecule has 4 aromatic rings. The molecule has 2 nitrogen and oxygen atoms in total. The van der Waals surface area contributed by atoms with Gasteiger partial charge < -0.3 is 4.90 Å². The first kappa shape index (κ1) is 14.6. The van der Waals surface area contributed by atoms with E-state index >= 15 is 0 Å². The first-order valence-electron chi connectivity index (χ1n) is 9.95. The van der Waals surface area contributed by atoms with E-state index in [0.29, 0.717) is 0 Å². The highest BCUT2D eigenvalue weighted by Gasteiger charge is 2.33. The molecular formula is C26H18N2. The molecule has 0 amide bonds. The van der Waals surface area contributed by atoms with Gasteiger partial charge in [0.15, 0.2) is 0 Å². The van der Waals surface area contributed by atoms with E-state index in [4.69, 9.17) is 0 Å². The van der Waals surface area contributed by atoms with Crippen molar-refractivity contribution in [2.24, 2.45) is 0 Å². The largest absolute Gasteiger partial charge is 0.308 e. The number of para-hydroxylation sites is 1. The summed E-state index contributed by atoms with van der Waals surface area (Å²) >= 11 is 0. The van der Waals surface area contributed by atoms with Crippen molar-refractivity contribution < 1.29 is 0 Å². The van der Waals surface area contributed by atoms with Gasteiger partial charge in [0.1, 0.15) is 0 Å². The molecule has 0 spiro atoms. The second-order valence-electron chi connectivity index (χ2n) is 8.09. The molecule has 3 aliphatic rings. The van der Waals surface area contributed by atoms with Gasteiger partial charge >= 0.3 is 0 Å². The zero-order chi connectivity index (χ0) is 18.2. The van der Waals surface area contributed by atoms with Gasteiger partial charge in [-0.15, -0.1) is 0 Å². The predicted molar refractivity (Wildman–Crippen MR) is 113 cm³/mol. The van der Waals surface area contributed by atoms with Crippen molar-refractivity contribution in [3.05, 3.63) is 106 Å². The van der Waals surface area contributed by atoms with Gasteiger partial charge in [0.25, 0.3) is 0 Å². The van der Waals surface area contributed by atoms with Gasteiger partial charge in [0, 0.05) is 19.0 Å². The number of fused-ring (bicyclic) bond motifs is 7. The molecule has 0 atom stereocenters. The SMILES string of the molecule is c1ccc2c(c1)Cc1cc3c(cc1-2)N1c2cnccc2Cc2cccc(c21)C3. The van der Waals surface area contributed by atoms with Crippen LogP contribution in [0.2, 0.25) is 0 Å². The Labute approximate surface area is 164 Å². The number of benzene rings is 3. The van der Waals surface area contributed by atoms with Crippen LogP contribution in [0.3, 0.4) is 0 Å². The van der Waals surface area contributed by atoms with Gasteiger partial charge in [-0.3, -0.25) is 4.98 Å². The lowest BCUT2D eigenvalue weighted by Gasteiger charge is -2.39. The third kappa shape index (κ3) is 1.80. The highest BCUT2D eigenvalue weighted by atomic mass is 15.2. The summed E-state index contributed by atoms with van der Waals surface area (Å²) in [6.45, 7) is 0. The van der Waals surface area contributed by atoms with E-state index in [0.717, 1.165) is 19.3 Å². The van der Waals surface area contributed by atoms with Crippen LogP contribution in [-0.2, 0) is 19.3 Å². The molecule has 2 heteroatoms. The number of aromatic nitrogens is 1. The summed E-state index contributed by atoms with van der Waals surface area (Å²) in [5.74, 6) is 0. The predicted octanol–water partition coefficient (Wildman–Crippen LogP) is 5.93. The summed E-state index contributed by atoms with van der Waals surface area (Å²) in [7, 11) is 0. The van der Waals surface area contributed by atoms with Gasteiger partial charge in [-0.25, -0.2) is 0 Å². The average molecular weight is 358 g/mol. The number of rotatable bonds is 0. The van der Waals surface area contributed by atoms with Crippen LogP contribution in [0.25, 0.3) is 11.1 Å². The minimum absolute atomic E-state index is 0.987. The molecule has 0 bridgehead atoms. The van der Waals surface area contributed by atoms with Crippen molar-refractivity contribution in [1.82, 2.24) is 4.98 Å². The van der Waals surface area contributed by atoms with E-state index in [1.165, 1.54) is 61.6 Å². The van der Waals surface area contributed by atoms with E-state index < -0.39 is 0 Å². The van der Waals surface area contributed by atoms with Gasteiger partial charge in [-0.2, -0.15) is 0 Å². The molecule has 7 rings (SSSR count). The maximum atomic E-state index is 4.46. The van der Waals surface area contributed by atoms with Gasteiger partial charge in [-0.05, 0) is 63.1 Å². The molecule has 0 radical (unpaired) electrons. The summed E-state index contributed by atoms with van der Waals surface area (Å²) in [6.07, 6.45) is 6.99. The summed E-state index contributed by atoms with van der Waals surface area (Å²) < 4.78 is 0. The van der Waals surface area contributed by atoms with Crippen LogP contribution in [0.4, 0.5) is 17.1 Å². The Morgan fingerprint density at radius 2 is 1.39 bits per heavy atom. The Hall–Kier alpha value is -3.39. The van der Waals surface area contributed by atoms with Crippen molar-refractivity contribution in [1.29, 1.82) is 0 Å². The topological polar surface area (TPSA) is 16.1 Å².